The summed E-state index contributed by atoms with van der Waals surface area (Å²) in [6.07, 6.45) is 2.56. The normalized spacial score (nSPS) is 13.4. The summed E-state index contributed by atoms with van der Waals surface area (Å²) in [7, 11) is 1.76. The van der Waals surface area contributed by atoms with Crippen molar-refractivity contribution >= 4 is 18.3 Å². The lowest BCUT2D eigenvalue weighted by Crippen LogP contribution is -2.38. The highest BCUT2D eigenvalue weighted by atomic mass is 35.5. The first kappa shape index (κ1) is 17.7. The van der Waals surface area contributed by atoms with Gasteiger partial charge in [-0.05, 0) is 49.6 Å². The molecule has 1 fully saturated rings. The molecule has 1 saturated carbocycles. The molecule has 6 heteroatoms. The summed E-state index contributed by atoms with van der Waals surface area (Å²) in [5.74, 6) is 1.16. The van der Waals surface area contributed by atoms with E-state index in [1.807, 2.05) is 0 Å². The Morgan fingerprint density at radius 1 is 1.38 bits per heavy atom. The maximum Gasteiger partial charge on any atom is 0.236 e. The Balaban J connectivity index is 0.00000220. The van der Waals surface area contributed by atoms with E-state index in [0.717, 1.165) is 12.5 Å². The van der Waals surface area contributed by atoms with Crippen LogP contribution in [-0.4, -0.2) is 44.1 Å². The summed E-state index contributed by atoms with van der Waals surface area (Å²) in [6, 6.07) is 5.86. The summed E-state index contributed by atoms with van der Waals surface area (Å²) < 4.78 is 18.2. The van der Waals surface area contributed by atoms with Gasteiger partial charge in [-0.25, -0.2) is 4.39 Å². The number of amides is 1. The van der Waals surface area contributed by atoms with Crippen molar-refractivity contribution in [2.45, 2.75) is 12.8 Å². The van der Waals surface area contributed by atoms with Gasteiger partial charge in [0.25, 0.3) is 0 Å². The van der Waals surface area contributed by atoms with Gasteiger partial charge in [-0.3, -0.25) is 4.79 Å². The van der Waals surface area contributed by atoms with Gasteiger partial charge in [0.05, 0.1) is 13.1 Å². The van der Waals surface area contributed by atoms with Crippen molar-refractivity contribution in [1.82, 2.24) is 10.2 Å². The van der Waals surface area contributed by atoms with Gasteiger partial charge in [0.2, 0.25) is 5.91 Å². The van der Waals surface area contributed by atoms with Crippen LogP contribution in [0.1, 0.15) is 12.8 Å². The number of likely N-dealkylation sites (N-methyl/N-ethyl adjacent to an activating group) is 1. The first-order chi connectivity index (χ1) is 9.65. The summed E-state index contributed by atoms with van der Waals surface area (Å²) in [6.45, 7) is 2.23. The number of nitrogens with one attached hydrogen (secondary N) is 1. The number of hydrogen-bond donors (Lipinski definition) is 1. The van der Waals surface area contributed by atoms with Crippen molar-refractivity contribution in [2.24, 2.45) is 5.92 Å². The number of halogens is 2. The molecular formula is C15H22ClFN2O2. The molecule has 1 aromatic rings. The SMILES string of the molecule is CN(CCOc1ccc(F)cc1)C(=O)CNCC1CC1.Cl. The third-order valence-corrected chi connectivity index (χ3v) is 3.34. The maximum atomic E-state index is 12.7. The largest absolute Gasteiger partial charge is 0.492 e. The van der Waals surface area contributed by atoms with Crippen LogP contribution in [-0.2, 0) is 4.79 Å². The molecule has 0 radical (unpaired) electrons. The van der Waals surface area contributed by atoms with Crippen molar-refractivity contribution in [3.05, 3.63) is 30.1 Å². The maximum absolute atomic E-state index is 12.7. The molecule has 118 valence electrons. The van der Waals surface area contributed by atoms with Crippen LogP contribution in [0.3, 0.4) is 0 Å². The Kier molecular flexibility index (Phi) is 7.47. The fraction of sp³-hybridized carbons (Fsp3) is 0.533. The van der Waals surface area contributed by atoms with E-state index in [1.54, 1.807) is 24.1 Å². The number of nitrogens with zero attached hydrogens (tertiary/aromatic N) is 1. The second-order valence-electron chi connectivity index (χ2n) is 5.19. The molecule has 0 heterocycles. The third-order valence-electron chi connectivity index (χ3n) is 3.34. The summed E-state index contributed by atoms with van der Waals surface area (Å²) in [4.78, 5) is 13.4. The summed E-state index contributed by atoms with van der Waals surface area (Å²) >= 11 is 0. The molecule has 1 amide bonds. The highest BCUT2D eigenvalue weighted by Gasteiger charge is 2.20. The van der Waals surface area contributed by atoms with E-state index in [0.29, 0.717) is 25.4 Å². The van der Waals surface area contributed by atoms with Gasteiger partial charge in [-0.1, -0.05) is 0 Å². The van der Waals surface area contributed by atoms with Crippen LogP contribution in [0, 0.1) is 11.7 Å². The van der Waals surface area contributed by atoms with Crippen LogP contribution in [0.4, 0.5) is 4.39 Å². The Bertz CT molecular complexity index is 438. The number of rotatable bonds is 8. The standard InChI is InChI=1S/C15H21FN2O2.ClH/c1-18(15(19)11-17-10-12-2-3-12)8-9-20-14-6-4-13(16)5-7-14;/h4-7,12,17H,2-3,8-11H2,1H3;1H. The lowest BCUT2D eigenvalue weighted by atomic mass is 10.3. The molecule has 1 aromatic carbocycles. The molecule has 0 bridgehead atoms. The van der Waals surface area contributed by atoms with Crippen molar-refractivity contribution in [2.75, 3.05) is 33.3 Å². The second-order valence-corrected chi connectivity index (χ2v) is 5.19. The molecule has 0 spiro atoms. The first-order valence-corrected chi connectivity index (χ1v) is 6.98. The van der Waals surface area contributed by atoms with Gasteiger partial charge in [0.15, 0.2) is 0 Å². The number of ether oxygens (including phenoxy) is 1. The van der Waals surface area contributed by atoms with Crippen LogP contribution < -0.4 is 10.1 Å². The van der Waals surface area contributed by atoms with E-state index in [-0.39, 0.29) is 24.1 Å². The predicted molar refractivity (Wildman–Crippen MR) is 82.4 cm³/mol. The molecule has 0 aromatic heterocycles. The second kappa shape index (κ2) is 8.85. The quantitative estimate of drug-likeness (QED) is 0.798. The predicted octanol–water partition coefficient (Wildman–Crippen LogP) is 2.08. The van der Waals surface area contributed by atoms with E-state index < -0.39 is 0 Å². The van der Waals surface area contributed by atoms with Gasteiger partial charge in [-0.15, -0.1) is 12.4 Å². The Morgan fingerprint density at radius 2 is 2.05 bits per heavy atom. The zero-order valence-corrected chi connectivity index (χ0v) is 13.0. The molecule has 2 rings (SSSR count). The molecule has 21 heavy (non-hydrogen) atoms. The Labute approximate surface area is 131 Å². The average molecular weight is 317 g/mol. The molecule has 1 aliphatic carbocycles. The molecule has 0 unspecified atom stereocenters. The first-order valence-electron chi connectivity index (χ1n) is 6.98. The number of benzene rings is 1. The topological polar surface area (TPSA) is 41.6 Å². The summed E-state index contributed by atoms with van der Waals surface area (Å²) in [5.41, 5.74) is 0. The Hall–Kier alpha value is -1.33. The highest BCUT2D eigenvalue weighted by Crippen LogP contribution is 2.27. The van der Waals surface area contributed by atoms with Gasteiger partial charge >= 0.3 is 0 Å². The lowest BCUT2D eigenvalue weighted by molar-refractivity contribution is -0.129. The monoisotopic (exact) mass is 316 g/mol. The fourth-order valence-electron chi connectivity index (χ4n) is 1.80. The van der Waals surface area contributed by atoms with Gasteiger partial charge in [0.1, 0.15) is 18.2 Å². The number of hydrogen-bond acceptors (Lipinski definition) is 3. The highest BCUT2D eigenvalue weighted by molar-refractivity contribution is 5.85. The van der Waals surface area contributed by atoms with Crippen molar-refractivity contribution in [3.63, 3.8) is 0 Å². The molecule has 0 saturated heterocycles. The van der Waals surface area contributed by atoms with Crippen LogP contribution in [0.25, 0.3) is 0 Å². The van der Waals surface area contributed by atoms with E-state index in [4.69, 9.17) is 4.74 Å². The smallest absolute Gasteiger partial charge is 0.236 e. The minimum atomic E-state index is -0.286. The van der Waals surface area contributed by atoms with Gasteiger partial charge in [0, 0.05) is 7.05 Å². The van der Waals surface area contributed by atoms with E-state index >= 15 is 0 Å². The number of carbonyl (C=O) groups excluding carboxylic acids is 1. The van der Waals surface area contributed by atoms with Crippen LogP contribution in [0.2, 0.25) is 0 Å². The fourth-order valence-corrected chi connectivity index (χ4v) is 1.80. The number of carbonyl (C=O) groups is 1. The van der Waals surface area contributed by atoms with E-state index in [9.17, 15) is 9.18 Å². The summed E-state index contributed by atoms with van der Waals surface area (Å²) in [5, 5.41) is 3.17. The molecule has 1 N–H and O–H groups in total. The zero-order valence-electron chi connectivity index (χ0n) is 12.2. The van der Waals surface area contributed by atoms with E-state index in [1.165, 1.54) is 25.0 Å². The lowest BCUT2D eigenvalue weighted by Gasteiger charge is -2.17. The van der Waals surface area contributed by atoms with Crippen LogP contribution >= 0.6 is 12.4 Å². The minimum Gasteiger partial charge on any atom is -0.492 e. The van der Waals surface area contributed by atoms with E-state index in [2.05, 4.69) is 5.32 Å². The third kappa shape index (κ3) is 6.78. The van der Waals surface area contributed by atoms with Crippen molar-refractivity contribution in [1.29, 1.82) is 0 Å². The molecule has 0 aliphatic heterocycles. The van der Waals surface area contributed by atoms with Gasteiger partial charge in [-0.2, -0.15) is 0 Å². The molecular weight excluding hydrogens is 295 g/mol. The molecule has 0 atom stereocenters. The average Bonchev–Trinajstić information content (AvgIpc) is 3.25. The van der Waals surface area contributed by atoms with Crippen LogP contribution in [0.15, 0.2) is 24.3 Å². The minimum absolute atomic E-state index is 0. The van der Waals surface area contributed by atoms with Crippen LogP contribution in [0.5, 0.6) is 5.75 Å². The Morgan fingerprint density at radius 3 is 2.67 bits per heavy atom. The molecule has 1 aliphatic rings. The van der Waals surface area contributed by atoms with Crippen molar-refractivity contribution in [3.8, 4) is 5.75 Å². The van der Waals surface area contributed by atoms with Gasteiger partial charge < -0.3 is 15.0 Å². The zero-order chi connectivity index (χ0) is 14.4. The van der Waals surface area contributed by atoms with Crippen molar-refractivity contribution < 1.29 is 13.9 Å². The molecule has 4 nitrogen and oxygen atoms in total.